The number of fused-ring (bicyclic) bond motifs is 1. The molecule has 176 valence electrons. The molecule has 0 amide bonds. The van der Waals surface area contributed by atoms with E-state index >= 15 is 0 Å². The lowest BCUT2D eigenvalue weighted by molar-refractivity contribution is -0.138. The standard InChI is InChI=1S/C23H14ClF6N3O/c24-17-7-4-13(10-16(17)23(28,29)30)19(33-18-8-5-14(11-32-18)22(25,26)27)15-6-3-12-2-1-9-31-20(12)21(15)34/h1-11,19,34H,(H,32,33). The second kappa shape index (κ2) is 8.68. The van der Waals surface area contributed by atoms with Gasteiger partial charge in [-0.15, -0.1) is 0 Å². The molecule has 0 saturated carbocycles. The van der Waals surface area contributed by atoms with E-state index < -0.39 is 34.5 Å². The van der Waals surface area contributed by atoms with Crippen LogP contribution in [0.1, 0.15) is 28.3 Å². The molecular formula is C23H14ClF6N3O. The first-order valence-electron chi connectivity index (χ1n) is 9.68. The average Bonchev–Trinajstić information content (AvgIpc) is 2.78. The Hall–Kier alpha value is -3.53. The number of aromatic nitrogens is 2. The van der Waals surface area contributed by atoms with Gasteiger partial charge in [-0.2, -0.15) is 26.3 Å². The molecule has 1 atom stereocenters. The number of pyridine rings is 2. The molecule has 4 nitrogen and oxygen atoms in total. The number of anilines is 1. The van der Waals surface area contributed by atoms with E-state index in [4.69, 9.17) is 11.6 Å². The lowest BCUT2D eigenvalue weighted by atomic mass is 9.94. The van der Waals surface area contributed by atoms with E-state index in [1.165, 1.54) is 18.3 Å². The number of hydrogen-bond donors (Lipinski definition) is 2. The zero-order chi connectivity index (χ0) is 24.7. The largest absolute Gasteiger partial charge is 0.505 e. The summed E-state index contributed by atoms with van der Waals surface area (Å²) in [7, 11) is 0. The summed E-state index contributed by atoms with van der Waals surface area (Å²) in [5.74, 6) is -0.354. The van der Waals surface area contributed by atoms with Crippen molar-refractivity contribution in [1.82, 2.24) is 9.97 Å². The molecule has 11 heteroatoms. The third-order valence-electron chi connectivity index (χ3n) is 5.10. The monoisotopic (exact) mass is 497 g/mol. The van der Waals surface area contributed by atoms with Crippen LogP contribution < -0.4 is 5.32 Å². The molecule has 0 bridgehead atoms. The van der Waals surface area contributed by atoms with E-state index in [-0.39, 0.29) is 28.2 Å². The number of phenolic OH excluding ortho intramolecular Hbond substituents is 1. The Bertz CT molecular complexity index is 1340. The molecule has 0 aliphatic heterocycles. The fraction of sp³-hybridized carbons (Fsp3) is 0.130. The van der Waals surface area contributed by atoms with Gasteiger partial charge in [0.1, 0.15) is 17.1 Å². The van der Waals surface area contributed by atoms with Gasteiger partial charge in [0.05, 0.1) is 22.2 Å². The maximum atomic E-state index is 13.5. The predicted octanol–water partition coefficient (Wildman–Crippen LogP) is 7.23. The number of rotatable bonds is 4. The Morgan fingerprint density at radius 3 is 2.29 bits per heavy atom. The molecule has 2 N–H and O–H groups in total. The average molecular weight is 498 g/mol. The lowest BCUT2D eigenvalue weighted by Crippen LogP contribution is -2.16. The van der Waals surface area contributed by atoms with Gasteiger partial charge in [-0.3, -0.25) is 4.98 Å². The molecule has 2 aromatic heterocycles. The van der Waals surface area contributed by atoms with Crippen LogP contribution in [0.5, 0.6) is 5.75 Å². The third-order valence-corrected chi connectivity index (χ3v) is 5.43. The summed E-state index contributed by atoms with van der Waals surface area (Å²) in [6.45, 7) is 0. The lowest BCUT2D eigenvalue weighted by Gasteiger charge is -2.23. The Morgan fingerprint density at radius 2 is 1.65 bits per heavy atom. The highest BCUT2D eigenvalue weighted by molar-refractivity contribution is 6.31. The van der Waals surface area contributed by atoms with Crippen LogP contribution in [0.4, 0.5) is 32.2 Å². The van der Waals surface area contributed by atoms with Crippen LogP contribution >= 0.6 is 11.6 Å². The molecule has 2 heterocycles. The van der Waals surface area contributed by atoms with Crippen molar-refractivity contribution in [3.63, 3.8) is 0 Å². The Labute approximate surface area is 193 Å². The van der Waals surface area contributed by atoms with Gasteiger partial charge in [0.2, 0.25) is 0 Å². The molecule has 0 spiro atoms. The number of phenols is 1. The van der Waals surface area contributed by atoms with E-state index in [1.807, 2.05) is 0 Å². The first kappa shape index (κ1) is 23.6. The molecule has 2 aromatic carbocycles. The van der Waals surface area contributed by atoms with Crippen molar-refractivity contribution >= 4 is 28.3 Å². The van der Waals surface area contributed by atoms with Gasteiger partial charge in [0, 0.05) is 23.3 Å². The van der Waals surface area contributed by atoms with E-state index in [2.05, 4.69) is 15.3 Å². The fourth-order valence-corrected chi connectivity index (χ4v) is 3.68. The number of halogens is 7. The van der Waals surface area contributed by atoms with Crippen molar-refractivity contribution in [3.05, 3.63) is 94.3 Å². The van der Waals surface area contributed by atoms with Crippen LogP contribution in [-0.4, -0.2) is 15.1 Å². The van der Waals surface area contributed by atoms with Crippen LogP contribution in [0.3, 0.4) is 0 Å². The quantitative estimate of drug-likeness (QED) is 0.292. The Balaban J connectivity index is 1.85. The molecule has 1 unspecified atom stereocenters. The van der Waals surface area contributed by atoms with Crippen molar-refractivity contribution in [2.45, 2.75) is 18.4 Å². The second-order valence-electron chi connectivity index (χ2n) is 7.32. The molecule has 0 aliphatic carbocycles. The highest BCUT2D eigenvalue weighted by atomic mass is 35.5. The number of alkyl halides is 6. The number of nitrogens with zero attached hydrogens (tertiary/aromatic N) is 2. The number of benzene rings is 2. The summed E-state index contributed by atoms with van der Waals surface area (Å²) in [5.41, 5.74) is -1.69. The van der Waals surface area contributed by atoms with E-state index in [0.717, 1.165) is 24.3 Å². The minimum Gasteiger partial charge on any atom is -0.505 e. The number of hydrogen-bond acceptors (Lipinski definition) is 4. The number of aromatic hydroxyl groups is 1. The number of nitrogens with one attached hydrogen (secondary N) is 1. The minimum absolute atomic E-state index is 0.0454. The minimum atomic E-state index is -4.75. The van der Waals surface area contributed by atoms with Gasteiger partial charge >= 0.3 is 12.4 Å². The molecule has 0 radical (unpaired) electrons. The summed E-state index contributed by atoms with van der Waals surface area (Å²) in [6, 6.07) is 10.3. The smallest absolute Gasteiger partial charge is 0.417 e. The van der Waals surface area contributed by atoms with E-state index in [1.54, 1.807) is 18.2 Å². The van der Waals surface area contributed by atoms with Gasteiger partial charge < -0.3 is 10.4 Å². The van der Waals surface area contributed by atoms with Crippen molar-refractivity contribution in [3.8, 4) is 5.75 Å². The first-order valence-corrected chi connectivity index (χ1v) is 10.1. The Morgan fingerprint density at radius 1 is 0.882 bits per heavy atom. The van der Waals surface area contributed by atoms with Crippen LogP contribution in [0.25, 0.3) is 10.9 Å². The summed E-state index contributed by atoms with van der Waals surface area (Å²) in [6.07, 6.45) is -7.32. The summed E-state index contributed by atoms with van der Waals surface area (Å²) in [4.78, 5) is 7.85. The maximum Gasteiger partial charge on any atom is 0.417 e. The summed E-state index contributed by atoms with van der Waals surface area (Å²) < 4.78 is 79.1. The summed E-state index contributed by atoms with van der Waals surface area (Å²) >= 11 is 5.74. The van der Waals surface area contributed by atoms with Crippen molar-refractivity contribution in [2.24, 2.45) is 0 Å². The molecule has 4 rings (SSSR count). The van der Waals surface area contributed by atoms with Crippen LogP contribution in [0, 0.1) is 0 Å². The van der Waals surface area contributed by atoms with Crippen molar-refractivity contribution in [2.75, 3.05) is 5.32 Å². The maximum absolute atomic E-state index is 13.5. The van der Waals surface area contributed by atoms with Gasteiger partial charge in [-0.1, -0.05) is 35.9 Å². The first-order chi connectivity index (χ1) is 15.9. The van der Waals surface area contributed by atoms with Gasteiger partial charge in [0.25, 0.3) is 0 Å². The van der Waals surface area contributed by atoms with Crippen molar-refractivity contribution in [1.29, 1.82) is 0 Å². The highest BCUT2D eigenvalue weighted by Crippen LogP contribution is 2.40. The molecule has 34 heavy (non-hydrogen) atoms. The second-order valence-corrected chi connectivity index (χ2v) is 7.73. The molecular weight excluding hydrogens is 484 g/mol. The molecule has 0 aliphatic rings. The van der Waals surface area contributed by atoms with Crippen molar-refractivity contribution < 1.29 is 31.4 Å². The topological polar surface area (TPSA) is 58.0 Å². The fourth-order valence-electron chi connectivity index (χ4n) is 3.45. The molecule has 0 saturated heterocycles. The van der Waals surface area contributed by atoms with Gasteiger partial charge in [-0.25, -0.2) is 4.98 Å². The van der Waals surface area contributed by atoms with Gasteiger partial charge in [-0.05, 0) is 35.9 Å². The molecule has 4 aromatic rings. The van der Waals surface area contributed by atoms with Crippen LogP contribution in [-0.2, 0) is 12.4 Å². The Kier molecular flexibility index (Phi) is 6.03. The van der Waals surface area contributed by atoms with E-state index in [0.29, 0.717) is 11.6 Å². The van der Waals surface area contributed by atoms with Crippen LogP contribution in [0.15, 0.2) is 67.0 Å². The molecule has 0 fully saturated rings. The predicted molar refractivity (Wildman–Crippen MR) is 115 cm³/mol. The zero-order valence-corrected chi connectivity index (χ0v) is 17.7. The van der Waals surface area contributed by atoms with Gasteiger partial charge in [0.15, 0.2) is 0 Å². The van der Waals surface area contributed by atoms with E-state index in [9.17, 15) is 31.4 Å². The van der Waals surface area contributed by atoms with Crippen LogP contribution in [0.2, 0.25) is 5.02 Å². The zero-order valence-electron chi connectivity index (χ0n) is 16.9. The summed E-state index contributed by atoms with van der Waals surface area (Å²) in [5, 5.41) is 13.8. The SMILES string of the molecule is Oc1c(C(Nc2ccc(C(F)(F)F)cn2)c2ccc(Cl)c(C(F)(F)F)c2)ccc2cccnc12. The highest BCUT2D eigenvalue weighted by Gasteiger charge is 2.35. The normalized spacial score (nSPS) is 13.1. The third kappa shape index (κ3) is 4.72.